The molecule has 4 rings (SSSR count). The SMILES string of the molecule is C=C(OC)[C@@H]1CC[C@H](c2ccc(C(C)C(=C)C(C)(C)c3cc(C(C)C)cc(C(C)(C)C)c3)c(-c3ccc(C)cc3C)c2)N1. The lowest BCUT2D eigenvalue weighted by Crippen LogP contribution is -2.26. The zero-order valence-electron chi connectivity index (χ0n) is 28.7. The Kier molecular flexibility index (Phi) is 9.52. The molecular weight excluding hydrogens is 522 g/mol. The van der Waals surface area contributed by atoms with Crippen LogP contribution >= 0.6 is 0 Å². The molecule has 1 fully saturated rings. The fourth-order valence-electron chi connectivity index (χ4n) is 6.61. The van der Waals surface area contributed by atoms with E-state index in [1.54, 1.807) is 7.11 Å². The van der Waals surface area contributed by atoms with E-state index in [4.69, 9.17) is 11.3 Å². The third-order valence-corrected chi connectivity index (χ3v) is 9.95. The number of hydrogen-bond acceptors (Lipinski definition) is 2. The molecule has 0 spiro atoms. The number of benzene rings is 3. The van der Waals surface area contributed by atoms with Crippen LogP contribution in [-0.2, 0) is 15.6 Å². The number of allylic oxidation sites excluding steroid dienone is 1. The zero-order chi connectivity index (χ0) is 31.9. The summed E-state index contributed by atoms with van der Waals surface area (Å²) in [6.07, 6.45) is 2.10. The van der Waals surface area contributed by atoms with E-state index in [0.717, 1.165) is 18.6 Å². The summed E-state index contributed by atoms with van der Waals surface area (Å²) in [6, 6.07) is 21.7. The van der Waals surface area contributed by atoms with Crippen molar-refractivity contribution in [3.63, 3.8) is 0 Å². The van der Waals surface area contributed by atoms with Gasteiger partial charge in [0, 0.05) is 17.4 Å². The molecule has 0 saturated carbocycles. The van der Waals surface area contributed by atoms with Crippen LogP contribution in [0.3, 0.4) is 0 Å². The van der Waals surface area contributed by atoms with Crippen LogP contribution in [0.25, 0.3) is 11.1 Å². The largest absolute Gasteiger partial charge is 0.500 e. The molecule has 1 N–H and O–H groups in total. The Morgan fingerprint density at radius 3 is 2.12 bits per heavy atom. The second-order valence-corrected chi connectivity index (χ2v) is 14.8. The normalized spacial score (nSPS) is 18.1. The maximum Gasteiger partial charge on any atom is 0.105 e. The lowest BCUT2D eigenvalue weighted by molar-refractivity contribution is 0.258. The summed E-state index contributed by atoms with van der Waals surface area (Å²) in [7, 11) is 1.71. The van der Waals surface area contributed by atoms with Gasteiger partial charge < -0.3 is 10.1 Å². The van der Waals surface area contributed by atoms with Gasteiger partial charge in [-0.1, -0.05) is 128 Å². The van der Waals surface area contributed by atoms with Gasteiger partial charge in [-0.25, -0.2) is 0 Å². The minimum atomic E-state index is -0.205. The molecule has 0 radical (unpaired) electrons. The third-order valence-electron chi connectivity index (χ3n) is 9.95. The molecule has 2 nitrogen and oxygen atoms in total. The molecule has 1 aliphatic heterocycles. The molecule has 3 atom stereocenters. The maximum absolute atomic E-state index is 5.46. The average molecular weight is 578 g/mol. The third kappa shape index (κ3) is 6.86. The molecule has 1 heterocycles. The zero-order valence-corrected chi connectivity index (χ0v) is 28.7. The summed E-state index contributed by atoms with van der Waals surface area (Å²) in [5, 5.41) is 3.77. The number of rotatable bonds is 9. The monoisotopic (exact) mass is 577 g/mol. The summed E-state index contributed by atoms with van der Waals surface area (Å²) in [5.41, 5.74) is 13.1. The summed E-state index contributed by atoms with van der Waals surface area (Å²) in [5.74, 6) is 1.45. The molecule has 3 aromatic carbocycles. The molecular formula is C41H55NO. The molecule has 1 saturated heterocycles. The second-order valence-electron chi connectivity index (χ2n) is 14.8. The van der Waals surface area contributed by atoms with Crippen molar-refractivity contribution in [3.05, 3.63) is 118 Å². The Hall–Kier alpha value is -3.10. The Morgan fingerprint density at radius 2 is 1.51 bits per heavy atom. The molecule has 0 aliphatic carbocycles. The molecule has 2 heteroatoms. The van der Waals surface area contributed by atoms with Gasteiger partial charge in [-0.05, 0) is 88.6 Å². The first-order valence-electron chi connectivity index (χ1n) is 16.1. The fraction of sp³-hybridized carbons (Fsp3) is 0.463. The molecule has 1 unspecified atom stereocenters. The van der Waals surface area contributed by atoms with E-state index < -0.39 is 0 Å². The van der Waals surface area contributed by atoms with Crippen molar-refractivity contribution >= 4 is 0 Å². The van der Waals surface area contributed by atoms with Crippen LogP contribution in [-0.4, -0.2) is 13.2 Å². The molecule has 1 aliphatic rings. The minimum Gasteiger partial charge on any atom is -0.500 e. The lowest BCUT2D eigenvalue weighted by atomic mass is 9.69. The molecule has 3 aromatic rings. The highest BCUT2D eigenvalue weighted by Gasteiger charge is 2.33. The summed E-state index contributed by atoms with van der Waals surface area (Å²) in [4.78, 5) is 0. The minimum absolute atomic E-state index is 0.0809. The van der Waals surface area contributed by atoms with Gasteiger partial charge in [0.25, 0.3) is 0 Å². The highest BCUT2D eigenvalue weighted by Crippen LogP contribution is 2.45. The van der Waals surface area contributed by atoms with Crippen molar-refractivity contribution in [2.45, 2.75) is 117 Å². The van der Waals surface area contributed by atoms with Crippen LogP contribution in [0.5, 0.6) is 0 Å². The van der Waals surface area contributed by atoms with E-state index in [1.807, 2.05) is 0 Å². The summed E-state index contributed by atoms with van der Waals surface area (Å²) < 4.78 is 5.46. The summed E-state index contributed by atoms with van der Waals surface area (Å²) in [6.45, 7) is 31.9. The maximum atomic E-state index is 5.46. The van der Waals surface area contributed by atoms with Crippen LogP contribution < -0.4 is 5.32 Å². The van der Waals surface area contributed by atoms with Crippen molar-refractivity contribution in [3.8, 4) is 11.1 Å². The van der Waals surface area contributed by atoms with E-state index in [2.05, 4.69) is 136 Å². The van der Waals surface area contributed by atoms with E-state index in [-0.39, 0.29) is 28.8 Å². The van der Waals surface area contributed by atoms with Crippen molar-refractivity contribution in [1.29, 1.82) is 0 Å². The first-order chi connectivity index (χ1) is 20.0. The standard InChI is InChI=1S/C41H55NO/c1-25(2)32-21-33(40(8,9)10)24-34(22-32)41(11,12)29(6)28(5)36-17-15-31(39-19-18-38(42-39)30(7)43-13)23-37(36)35-16-14-26(3)20-27(35)4/h14-17,20-25,28,38-39,42H,6-7,18-19H2,1-5,8-13H3/t28?,38-,39+/m0/s1. The molecule has 230 valence electrons. The molecule has 0 amide bonds. The number of aryl methyl sites for hydroxylation is 2. The predicted octanol–water partition coefficient (Wildman–Crippen LogP) is 11.0. The Balaban J connectivity index is 1.79. The first-order valence-corrected chi connectivity index (χ1v) is 16.1. The number of hydrogen-bond donors (Lipinski definition) is 1. The van der Waals surface area contributed by atoms with Crippen LogP contribution in [0.15, 0.2) is 79.1 Å². The Bertz CT molecular complexity index is 1500. The first kappa shape index (κ1) is 32.8. The lowest BCUT2D eigenvalue weighted by Gasteiger charge is -2.35. The van der Waals surface area contributed by atoms with Crippen LogP contribution in [0.2, 0.25) is 0 Å². The van der Waals surface area contributed by atoms with E-state index in [1.165, 1.54) is 55.6 Å². The Labute approximate surface area is 262 Å². The predicted molar refractivity (Wildman–Crippen MR) is 186 cm³/mol. The summed E-state index contributed by atoms with van der Waals surface area (Å²) >= 11 is 0. The van der Waals surface area contributed by atoms with E-state index >= 15 is 0 Å². The van der Waals surface area contributed by atoms with Gasteiger partial charge in [0.15, 0.2) is 0 Å². The van der Waals surface area contributed by atoms with E-state index in [0.29, 0.717) is 5.92 Å². The smallest absolute Gasteiger partial charge is 0.105 e. The van der Waals surface area contributed by atoms with Gasteiger partial charge >= 0.3 is 0 Å². The Morgan fingerprint density at radius 1 is 0.837 bits per heavy atom. The fourth-order valence-corrected chi connectivity index (χ4v) is 6.61. The van der Waals surface area contributed by atoms with Crippen LogP contribution in [0.4, 0.5) is 0 Å². The number of nitrogens with one attached hydrogen (secondary N) is 1. The van der Waals surface area contributed by atoms with Gasteiger partial charge in [0.2, 0.25) is 0 Å². The highest BCUT2D eigenvalue weighted by atomic mass is 16.5. The average Bonchev–Trinajstić information content (AvgIpc) is 3.45. The molecule has 0 aromatic heterocycles. The van der Waals surface area contributed by atoms with E-state index in [9.17, 15) is 0 Å². The molecule has 43 heavy (non-hydrogen) atoms. The van der Waals surface area contributed by atoms with Crippen molar-refractivity contribution in [1.82, 2.24) is 5.32 Å². The van der Waals surface area contributed by atoms with Crippen LogP contribution in [0, 0.1) is 13.8 Å². The number of ether oxygens (including phenoxy) is 1. The second kappa shape index (κ2) is 12.5. The quantitative estimate of drug-likeness (QED) is 0.202. The van der Waals surface area contributed by atoms with Gasteiger partial charge in [-0.3, -0.25) is 0 Å². The van der Waals surface area contributed by atoms with Crippen LogP contribution in [0.1, 0.15) is 125 Å². The van der Waals surface area contributed by atoms with Crippen molar-refractivity contribution < 1.29 is 4.74 Å². The van der Waals surface area contributed by atoms with Gasteiger partial charge in [0.1, 0.15) is 5.76 Å². The number of methoxy groups -OCH3 is 1. The van der Waals surface area contributed by atoms with Gasteiger partial charge in [0.05, 0.1) is 13.2 Å². The van der Waals surface area contributed by atoms with Gasteiger partial charge in [-0.15, -0.1) is 0 Å². The van der Waals surface area contributed by atoms with Gasteiger partial charge in [-0.2, -0.15) is 0 Å². The highest BCUT2D eigenvalue weighted by molar-refractivity contribution is 5.73. The molecule has 0 bridgehead atoms. The topological polar surface area (TPSA) is 21.3 Å². The van der Waals surface area contributed by atoms with Crippen molar-refractivity contribution in [2.24, 2.45) is 0 Å². The van der Waals surface area contributed by atoms with Crippen molar-refractivity contribution in [2.75, 3.05) is 7.11 Å².